The Morgan fingerprint density at radius 2 is 1.80 bits per heavy atom. The molecule has 0 bridgehead atoms. The zero-order chi connectivity index (χ0) is 22.6. The number of halogens is 1. The van der Waals surface area contributed by atoms with Crippen molar-refractivity contribution in [2.24, 2.45) is 5.41 Å². The molecule has 3 amide bonds. The Hall–Kier alpha value is -2.36. The van der Waals surface area contributed by atoms with Crippen LogP contribution in [0.1, 0.15) is 38.8 Å². The number of hydrogen-bond acceptors (Lipinski definition) is 5. The van der Waals surface area contributed by atoms with E-state index >= 15 is 0 Å². The summed E-state index contributed by atoms with van der Waals surface area (Å²) < 4.78 is 0. The van der Waals surface area contributed by atoms with Crippen molar-refractivity contribution >= 4 is 29.5 Å². The first-order valence-corrected chi connectivity index (χ1v) is 9.96. The maximum atomic E-state index is 13.1. The van der Waals surface area contributed by atoms with Crippen molar-refractivity contribution in [2.75, 3.05) is 13.2 Å². The van der Waals surface area contributed by atoms with E-state index in [1.165, 1.54) is 4.90 Å². The van der Waals surface area contributed by atoms with Gasteiger partial charge in [0.15, 0.2) is 0 Å². The van der Waals surface area contributed by atoms with Crippen LogP contribution in [0.2, 0.25) is 5.02 Å². The summed E-state index contributed by atoms with van der Waals surface area (Å²) in [5.41, 5.74) is -0.118. The zero-order valence-electron chi connectivity index (χ0n) is 17.1. The van der Waals surface area contributed by atoms with E-state index in [0.29, 0.717) is 10.6 Å². The second-order valence-corrected chi connectivity index (χ2v) is 8.88. The summed E-state index contributed by atoms with van der Waals surface area (Å²) in [5, 5.41) is 34.3. The fourth-order valence-corrected chi connectivity index (χ4v) is 3.57. The average Bonchev–Trinajstić information content (AvgIpc) is 3.05. The van der Waals surface area contributed by atoms with Crippen LogP contribution in [-0.4, -0.2) is 69.5 Å². The van der Waals surface area contributed by atoms with Crippen molar-refractivity contribution in [1.82, 2.24) is 15.5 Å². The molecule has 0 spiro atoms. The molecule has 1 aliphatic rings. The Bertz CT molecular complexity index is 780. The maximum Gasteiger partial charge on any atom is 0.405 e. The molecule has 1 saturated heterocycles. The number of aliphatic hydroxyl groups excluding tert-OH is 2. The van der Waals surface area contributed by atoms with E-state index < -0.39 is 47.6 Å². The van der Waals surface area contributed by atoms with Crippen molar-refractivity contribution in [1.29, 1.82) is 0 Å². The van der Waals surface area contributed by atoms with Gasteiger partial charge in [-0.2, -0.15) is 0 Å². The summed E-state index contributed by atoms with van der Waals surface area (Å²) >= 11 is 5.87. The number of benzene rings is 1. The standard InChI is InChI=1S/C20H28ClN3O6/c1-20(2,3)16(23-19(29)30)18(28)24-9-13(26)8-15(24)17(27)22-14(10-25)11-4-6-12(21)7-5-11/h4-7,13-16,23,25-26H,8-10H2,1-3H3,(H,22,27)(H,29,30)/t13-,14?,15+,16?/m1/s1. The molecular weight excluding hydrogens is 414 g/mol. The van der Waals surface area contributed by atoms with E-state index in [9.17, 15) is 24.6 Å². The number of carboxylic acid groups (broad SMARTS) is 1. The largest absolute Gasteiger partial charge is 0.465 e. The number of rotatable bonds is 6. The monoisotopic (exact) mass is 441 g/mol. The second-order valence-electron chi connectivity index (χ2n) is 8.44. The van der Waals surface area contributed by atoms with Gasteiger partial charge in [0.1, 0.15) is 12.1 Å². The first-order chi connectivity index (χ1) is 13.9. The smallest absolute Gasteiger partial charge is 0.405 e. The minimum Gasteiger partial charge on any atom is -0.465 e. The number of aliphatic hydroxyl groups is 2. The zero-order valence-corrected chi connectivity index (χ0v) is 17.9. The van der Waals surface area contributed by atoms with Gasteiger partial charge in [-0.1, -0.05) is 44.5 Å². The van der Waals surface area contributed by atoms with Crippen molar-refractivity contribution in [3.05, 3.63) is 34.9 Å². The van der Waals surface area contributed by atoms with Gasteiger partial charge in [0.05, 0.1) is 18.8 Å². The lowest BCUT2D eigenvalue weighted by Gasteiger charge is -2.35. The molecule has 4 atom stereocenters. The maximum absolute atomic E-state index is 13.1. The molecule has 10 heteroatoms. The van der Waals surface area contributed by atoms with E-state index in [-0.39, 0.29) is 19.6 Å². The Balaban J connectivity index is 2.21. The molecule has 2 unspecified atom stereocenters. The summed E-state index contributed by atoms with van der Waals surface area (Å²) in [4.78, 5) is 38.4. The molecular formula is C20H28ClN3O6. The summed E-state index contributed by atoms with van der Waals surface area (Å²) in [6.07, 6.45) is -2.26. The minimum absolute atomic E-state index is 0.0142. The quantitative estimate of drug-likeness (QED) is 0.448. The Morgan fingerprint density at radius 3 is 2.30 bits per heavy atom. The third-order valence-corrected chi connectivity index (χ3v) is 5.27. The summed E-state index contributed by atoms with van der Waals surface area (Å²) in [6.45, 7) is 4.65. The Labute approximate surface area is 180 Å². The SMILES string of the molecule is CC(C)(C)C(NC(=O)O)C(=O)N1C[C@H](O)C[C@H]1C(=O)NC(CO)c1ccc(Cl)cc1. The number of likely N-dealkylation sites (tertiary alicyclic amines) is 1. The van der Waals surface area contributed by atoms with E-state index in [1.807, 2.05) is 0 Å². The van der Waals surface area contributed by atoms with Crippen LogP contribution in [-0.2, 0) is 9.59 Å². The summed E-state index contributed by atoms with van der Waals surface area (Å²) in [6, 6.07) is 3.79. The number of nitrogens with one attached hydrogen (secondary N) is 2. The van der Waals surface area contributed by atoms with Crippen LogP contribution in [0.15, 0.2) is 24.3 Å². The molecule has 1 aliphatic heterocycles. The number of carbonyl (C=O) groups excluding carboxylic acids is 2. The van der Waals surface area contributed by atoms with Gasteiger partial charge in [0, 0.05) is 18.0 Å². The van der Waals surface area contributed by atoms with Crippen LogP contribution in [0.25, 0.3) is 0 Å². The molecule has 30 heavy (non-hydrogen) atoms. The summed E-state index contributed by atoms with van der Waals surface area (Å²) in [7, 11) is 0. The number of carbonyl (C=O) groups is 3. The van der Waals surface area contributed by atoms with Gasteiger partial charge < -0.3 is 30.9 Å². The second kappa shape index (κ2) is 9.63. The molecule has 1 aromatic carbocycles. The van der Waals surface area contributed by atoms with E-state index in [1.54, 1.807) is 45.0 Å². The van der Waals surface area contributed by atoms with Crippen molar-refractivity contribution in [3.8, 4) is 0 Å². The highest BCUT2D eigenvalue weighted by Crippen LogP contribution is 2.27. The van der Waals surface area contributed by atoms with Crippen molar-refractivity contribution in [2.45, 2.75) is 51.4 Å². The fraction of sp³-hybridized carbons (Fsp3) is 0.550. The fourth-order valence-electron chi connectivity index (χ4n) is 3.44. The Morgan fingerprint density at radius 1 is 1.20 bits per heavy atom. The van der Waals surface area contributed by atoms with Gasteiger partial charge in [-0.05, 0) is 23.1 Å². The van der Waals surface area contributed by atoms with Crippen LogP contribution in [0, 0.1) is 5.41 Å². The molecule has 0 aromatic heterocycles. The first-order valence-electron chi connectivity index (χ1n) is 9.58. The van der Waals surface area contributed by atoms with Crippen LogP contribution >= 0.6 is 11.6 Å². The predicted octanol–water partition coefficient (Wildman–Crippen LogP) is 1.13. The van der Waals surface area contributed by atoms with Crippen LogP contribution in [0.5, 0.6) is 0 Å². The normalized spacial score (nSPS) is 21.1. The van der Waals surface area contributed by atoms with Gasteiger partial charge in [0.2, 0.25) is 11.8 Å². The average molecular weight is 442 g/mol. The third kappa shape index (κ3) is 5.84. The number of β-amino-alcohol motifs (C(OH)–C–C–N with tert-alkyl or cyclic N) is 1. The molecule has 5 N–H and O–H groups in total. The third-order valence-electron chi connectivity index (χ3n) is 5.02. The molecule has 0 aliphatic carbocycles. The van der Waals surface area contributed by atoms with Gasteiger partial charge in [-0.15, -0.1) is 0 Å². The highest BCUT2D eigenvalue weighted by atomic mass is 35.5. The number of nitrogens with zero attached hydrogens (tertiary/aromatic N) is 1. The highest BCUT2D eigenvalue weighted by molar-refractivity contribution is 6.30. The molecule has 9 nitrogen and oxygen atoms in total. The van der Waals surface area contributed by atoms with Crippen LogP contribution in [0.3, 0.4) is 0 Å². The molecule has 1 heterocycles. The van der Waals surface area contributed by atoms with E-state index in [2.05, 4.69) is 10.6 Å². The van der Waals surface area contributed by atoms with Crippen molar-refractivity contribution < 1.29 is 29.7 Å². The molecule has 1 fully saturated rings. The molecule has 0 saturated carbocycles. The molecule has 2 rings (SSSR count). The Kier molecular flexibility index (Phi) is 7.68. The minimum atomic E-state index is -1.35. The van der Waals surface area contributed by atoms with Crippen molar-refractivity contribution in [3.63, 3.8) is 0 Å². The number of amides is 3. The number of hydrogen-bond donors (Lipinski definition) is 5. The molecule has 0 radical (unpaired) electrons. The van der Waals surface area contributed by atoms with Gasteiger partial charge >= 0.3 is 6.09 Å². The lowest BCUT2D eigenvalue weighted by atomic mass is 9.85. The topological polar surface area (TPSA) is 139 Å². The van der Waals surface area contributed by atoms with Crippen LogP contribution in [0.4, 0.5) is 4.79 Å². The van der Waals surface area contributed by atoms with E-state index in [4.69, 9.17) is 16.7 Å². The molecule has 1 aromatic rings. The van der Waals surface area contributed by atoms with Gasteiger partial charge in [-0.3, -0.25) is 9.59 Å². The molecule has 166 valence electrons. The van der Waals surface area contributed by atoms with Gasteiger partial charge in [-0.25, -0.2) is 4.79 Å². The summed E-state index contributed by atoms with van der Waals surface area (Å²) in [5.74, 6) is -1.13. The highest BCUT2D eigenvalue weighted by Gasteiger charge is 2.44. The lowest BCUT2D eigenvalue weighted by molar-refractivity contribution is -0.142. The van der Waals surface area contributed by atoms with Crippen LogP contribution < -0.4 is 10.6 Å². The van der Waals surface area contributed by atoms with E-state index in [0.717, 1.165) is 0 Å². The predicted molar refractivity (Wildman–Crippen MR) is 110 cm³/mol. The first kappa shape index (κ1) is 23.9. The lowest BCUT2D eigenvalue weighted by Crippen LogP contribution is -2.57. The van der Waals surface area contributed by atoms with Gasteiger partial charge in [0.25, 0.3) is 0 Å².